The molecule has 0 bridgehead atoms. The molecule has 37 heavy (non-hydrogen) atoms. The first-order valence-corrected chi connectivity index (χ1v) is 16.9. The maximum absolute atomic E-state index is 11.5. The zero-order valence-electron chi connectivity index (χ0n) is 26.1. The van der Waals surface area contributed by atoms with Crippen molar-refractivity contribution in [3.63, 3.8) is 0 Å². The van der Waals surface area contributed by atoms with E-state index in [1.807, 2.05) is 0 Å². The topological polar surface area (TPSA) is 40.1 Å². The summed E-state index contributed by atoms with van der Waals surface area (Å²) in [4.78, 5) is 11.5. The maximum Gasteiger partial charge on any atom is 1.00 e. The third-order valence-electron chi connectivity index (χ3n) is 8.15. The Morgan fingerprint density at radius 2 is 0.595 bits per heavy atom. The summed E-state index contributed by atoms with van der Waals surface area (Å²) in [6, 6.07) is 0. The third kappa shape index (κ3) is 32.6. The van der Waals surface area contributed by atoms with Crippen LogP contribution < -0.4 is 34.7 Å². The number of carbonyl (C=O) groups is 1. The van der Waals surface area contributed by atoms with Gasteiger partial charge in [0.15, 0.2) is 0 Å². The first-order valence-electron chi connectivity index (χ1n) is 16.9. The van der Waals surface area contributed by atoms with Gasteiger partial charge in [-0.2, -0.15) is 0 Å². The molecule has 0 aliphatic rings. The Bertz CT molecular complexity index is 394. The Labute approximate surface area is 256 Å². The van der Waals surface area contributed by atoms with Crippen molar-refractivity contribution in [1.82, 2.24) is 0 Å². The summed E-state index contributed by atoms with van der Waals surface area (Å²) in [5, 5.41) is 11.5. The minimum atomic E-state index is -0.806. The summed E-state index contributed by atoms with van der Waals surface area (Å²) in [5.74, 6) is -1.01. The van der Waals surface area contributed by atoms with Crippen LogP contribution in [0.2, 0.25) is 0 Å². The van der Waals surface area contributed by atoms with E-state index in [1.165, 1.54) is 167 Å². The predicted molar refractivity (Wildman–Crippen MR) is 158 cm³/mol. The van der Waals surface area contributed by atoms with Gasteiger partial charge in [0.1, 0.15) is 0 Å². The van der Waals surface area contributed by atoms with Crippen LogP contribution in [0.1, 0.15) is 206 Å². The van der Waals surface area contributed by atoms with Gasteiger partial charge in [0.25, 0.3) is 0 Å². The van der Waals surface area contributed by atoms with E-state index in [-0.39, 0.29) is 35.5 Å². The molecule has 0 atom stereocenters. The van der Waals surface area contributed by atoms with Gasteiger partial charge in [0, 0.05) is 5.97 Å². The number of rotatable bonds is 31. The van der Waals surface area contributed by atoms with E-state index in [9.17, 15) is 9.90 Å². The molecule has 0 aromatic rings. The van der Waals surface area contributed by atoms with Crippen LogP contribution in [0.3, 0.4) is 0 Å². The number of hydrogen-bond acceptors (Lipinski definition) is 2. The Balaban J connectivity index is 0. The molecule has 0 aromatic carbocycles. The smallest absolute Gasteiger partial charge is 0.550 e. The van der Waals surface area contributed by atoms with Gasteiger partial charge >= 0.3 is 29.6 Å². The van der Waals surface area contributed by atoms with Gasteiger partial charge in [-0.05, 0) is 18.8 Å². The predicted octanol–water partition coefficient (Wildman–Crippen LogP) is 8.10. The molecule has 0 aliphatic heterocycles. The minimum absolute atomic E-state index is 0. The third-order valence-corrected chi connectivity index (χ3v) is 8.15. The first kappa shape index (κ1) is 39.6. The van der Waals surface area contributed by atoms with Crippen LogP contribution in [0.4, 0.5) is 0 Å². The summed E-state index contributed by atoms with van der Waals surface area (Å²) in [6.45, 7) is 4.56. The molecular weight excluding hydrogens is 463 g/mol. The SMILES string of the molecule is CCCCCCCCCCCCCCCCC(CCCCCCCCCCCCCCCC)C(=O)[O-].[Na+]. The van der Waals surface area contributed by atoms with Crippen molar-refractivity contribution in [3.8, 4) is 0 Å². The molecule has 0 radical (unpaired) electrons. The van der Waals surface area contributed by atoms with E-state index in [4.69, 9.17) is 0 Å². The summed E-state index contributed by atoms with van der Waals surface area (Å²) < 4.78 is 0. The fourth-order valence-corrected chi connectivity index (χ4v) is 5.55. The van der Waals surface area contributed by atoms with Gasteiger partial charge in [0.05, 0.1) is 0 Å². The normalized spacial score (nSPS) is 11.2. The second-order valence-corrected chi connectivity index (χ2v) is 11.8. The van der Waals surface area contributed by atoms with Gasteiger partial charge in [-0.25, -0.2) is 0 Å². The molecule has 2 nitrogen and oxygen atoms in total. The van der Waals surface area contributed by atoms with Crippen LogP contribution in [-0.2, 0) is 4.79 Å². The molecule has 0 spiro atoms. The van der Waals surface area contributed by atoms with Crippen LogP contribution in [0.5, 0.6) is 0 Å². The molecular formula is C34H67NaO2. The molecule has 0 fully saturated rings. The van der Waals surface area contributed by atoms with Crippen LogP contribution in [-0.4, -0.2) is 5.97 Å². The number of aliphatic carboxylic acids is 1. The summed E-state index contributed by atoms with van der Waals surface area (Å²) in [5.41, 5.74) is 0. The molecule has 0 unspecified atom stereocenters. The zero-order valence-corrected chi connectivity index (χ0v) is 28.1. The van der Waals surface area contributed by atoms with Gasteiger partial charge in [-0.15, -0.1) is 0 Å². The molecule has 0 N–H and O–H groups in total. The number of hydrogen-bond donors (Lipinski definition) is 0. The fourth-order valence-electron chi connectivity index (χ4n) is 5.55. The fraction of sp³-hybridized carbons (Fsp3) is 0.971. The monoisotopic (exact) mass is 531 g/mol. The van der Waals surface area contributed by atoms with Crippen molar-refractivity contribution in [2.75, 3.05) is 0 Å². The molecule has 0 aliphatic carbocycles. The summed E-state index contributed by atoms with van der Waals surface area (Å²) in [6.07, 6.45) is 39.4. The molecule has 0 saturated carbocycles. The van der Waals surface area contributed by atoms with Crippen molar-refractivity contribution >= 4 is 5.97 Å². The van der Waals surface area contributed by atoms with Crippen LogP contribution >= 0.6 is 0 Å². The van der Waals surface area contributed by atoms with Crippen molar-refractivity contribution in [3.05, 3.63) is 0 Å². The molecule has 3 heteroatoms. The minimum Gasteiger partial charge on any atom is -0.550 e. The Morgan fingerprint density at radius 1 is 0.405 bits per heavy atom. The van der Waals surface area contributed by atoms with Gasteiger partial charge in [0.2, 0.25) is 0 Å². The average Bonchev–Trinajstić information content (AvgIpc) is 2.87. The quantitative estimate of drug-likeness (QED) is 0.0671. The molecule has 0 saturated heterocycles. The van der Waals surface area contributed by atoms with Crippen molar-refractivity contribution in [2.45, 2.75) is 206 Å². The van der Waals surface area contributed by atoms with E-state index >= 15 is 0 Å². The van der Waals surface area contributed by atoms with E-state index in [2.05, 4.69) is 13.8 Å². The molecule has 216 valence electrons. The second kappa shape index (κ2) is 34.5. The van der Waals surface area contributed by atoms with Crippen molar-refractivity contribution in [2.24, 2.45) is 5.92 Å². The van der Waals surface area contributed by atoms with Gasteiger partial charge < -0.3 is 9.90 Å². The summed E-state index contributed by atoms with van der Waals surface area (Å²) >= 11 is 0. The zero-order chi connectivity index (χ0) is 26.4. The van der Waals surface area contributed by atoms with E-state index in [0.29, 0.717) is 0 Å². The molecule has 0 heterocycles. The number of carboxylic acid groups (broad SMARTS) is 1. The van der Waals surface area contributed by atoms with Crippen LogP contribution in [0.15, 0.2) is 0 Å². The molecule has 0 amide bonds. The number of unbranched alkanes of at least 4 members (excludes halogenated alkanes) is 26. The van der Waals surface area contributed by atoms with Gasteiger partial charge in [-0.1, -0.05) is 194 Å². The number of carbonyl (C=O) groups excluding carboxylic acids is 1. The summed E-state index contributed by atoms with van der Waals surface area (Å²) in [7, 11) is 0. The van der Waals surface area contributed by atoms with E-state index < -0.39 is 5.97 Å². The van der Waals surface area contributed by atoms with Crippen molar-refractivity contribution < 1.29 is 39.5 Å². The maximum atomic E-state index is 11.5. The van der Waals surface area contributed by atoms with Crippen LogP contribution in [0.25, 0.3) is 0 Å². The molecule has 0 aromatic heterocycles. The largest absolute Gasteiger partial charge is 1.00 e. The van der Waals surface area contributed by atoms with E-state index in [0.717, 1.165) is 25.7 Å². The Morgan fingerprint density at radius 3 is 0.784 bits per heavy atom. The first-order chi connectivity index (χ1) is 17.7. The Hall–Kier alpha value is 0.470. The number of carboxylic acids is 1. The molecule has 0 rings (SSSR count). The average molecular weight is 531 g/mol. The van der Waals surface area contributed by atoms with Crippen LogP contribution in [0, 0.1) is 5.92 Å². The Kier molecular flexibility index (Phi) is 36.9. The second-order valence-electron chi connectivity index (χ2n) is 11.8. The van der Waals surface area contributed by atoms with Gasteiger partial charge in [-0.3, -0.25) is 0 Å². The van der Waals surface area contributed by atoms with E-state index in [1.54, 1.807) is 0 Å². The standard InChI is InChI=1S/C34H68O2.Na/c1-3-5-7-9-11-13-15-17-19-21-23-25-27-29-31-33(34(35)36)32-30-28-26-24-22-20-18-16-14-12-10-8-6-4-2;/h33H,3-32H2,1-2H3,(H,35,36);/q;+1/p-1. The van der Waals surface area contributed by atoms with Crippen molar-refractivity contribution in [1.29, 1.82) is 0 Å².